The number of imide groups is 1. The number of Topliss-reactive ketones (excluding diaryl/α,β-unsaturated/α-hetero) is 1. The van der Waals surface area contributed by atoms with Crippen molar-refractivity contribution in [1.82, 2.24) is 10.2 Å². The van der Waals surface area contributed by atoms with E-state index in [0.717, 1.165) is 6.42 Å². The highest BCUT2D eigenvalue weighted by Crippen LogP contribution is 2.25. The van der Waals surface area contributed by atoms with Crippen molar-refractivity contribution in [3.05, 3.63) is 0 Å². The molecule has 1 unspecified atom stereocenters. The van der Waals surface area contributed by atoms with Crippen LogP contribution in [0.5, 0.6) is 0 Å². The number of carbonyl (C=O) groups is 4. The first kappa shape index (κ1) is 17.6. The molecule has 8 heteroatoms. The summed E-state index contributed by atoms with van der Waals surface area (Å²) in [5.41, 5.74) is 5.70. The summed E-state index contributed by atoms with van der Waals surface area (Å²) in [6, 6.07) is -0.808. The Kier molecular flexibility index (Phi) is 6.83. The summed E-state index contributed by atoms with van der Waals surface area (Å²) in [5, 5.41) is 1.95. The molecule has 1 heterocycles. The van der Waals surface area contributed by atoms with E-state index in [1.807, 2.05) is 6.92 Å². The van der Waals surface area contributed by atoms with Gasteiger partial charge in [0.1, 0.15) is 5.78 Å². The van der Waals surface area contributed by atoms with E-state index in [-0.39, 0.29) is 36.3 Å². The number of amides is 3. The largest absolute Gasteiger partial charge is 0.348 e. The highest BCUT2D eigenvalue weighted by Gasteiger charge is 2.38. The van der Waals surface area contributed by atoms with Crippen LogP contribution in [0.4, 0.5) is 0 Å². The number of nitrogens with one attached hydrogen (secondary N) is 1. The fraction of sp³-hybridized carbons (Fsp3) is 0.692. The van der Waals surface area contributed by atoms with E-state index in [2.05, 4.69) is 5.32 Å². The van der Waals surface area contributed by atoms with E-state index in [4.69, 9.17) is 5.73 Å². The Morgan fingerprint density at radius 1 is 1.48 bits per heavy atom. The molecule has 0 saturated carbocycles. The standard InChI is InChI=1S/C13H21N3O4S/c1-3-4-16-11(18)5-10(13(16)20)21-7-9(14)12(19)15-6-8(2)17/h9-10H,3-7,14H2,1-2H3,(H,15,19)/t9-,10?/m0/s1. The van der Waals surface area contributed by atoms with Gasteiger partial charge in [-0.2, -0.15) is 0 Å². The van der Waals surface area contributed by atoms with Crippen molar-refractivity contribution < 1.29 is 19.2 Å². The van der Waals surface area contributed by atoms with Gasteiger partial charge in [-0.15, -0.1) is 11.8 Å². The first-order chi connectivity index (χ1) is 9.86. The first-order valence-corrected chi connectivity index (χ1v) is 7.90. The zero-order valence-electron chi connectivity index (χ0n) is 12.3. The third kappa shape index (κ3) is 5.13. The van der Waals surface area contributed by atoms with Crippen molar-refractivity contribution in [3.63, 3.8) is 0 Å². The normalized spacial score (nSPS) is 19.8. The average Bonchev–Trinajstić information content (AvgIpc) is 2.70. The monoisotopic (exact) mass is 315 g/mol. The lowest BCUT2D eigenvalue weighted by Crippen LogP contribution is -2.44. The number of hydrogen-bond donors (Lipinski definition) is 2. The van der Waals surface area contributed by atoms with Crippen LogP contribution in [0.25, 0.3) is 0 Å². The average molecular weight is 315 g/mol. The van der Waals surface area contributed by atoms with E-state index < -0.39 is 17.2 Å². The number of carbonyl (C=O) groups excluding carboxylic acids is 4. The predicted octanol–water partition coefficient (Wildman–Crippen LogP) is -0.710. The molecule has 0 radical (unpaired) electrons. The second-order valence-corrected chi connectivity index (χ2v) is 6.17. The molecule has 0 bridgehead atoms. The lowest BCUT2D eigenvalue weighted by atomic mass is 10.3. The lowest BCUT2D eigenvalue weighted by Gasteiger charge is -2.15. The molecule has 1 saturated heterocycles. The predicted molar refractivity (Wildman–Crippen MR) is 79.5 cm³/mol. The molecule has 0 aromatic carbocycles. The maximum Gasteiger partial charge on any atom is 0.242 e. The number of thioether (sulfide) groups is 1. The van der Waals surface area contributed by atoms with Crippen LogP contribution in [0, 0.1) is 0 Å². The number of ketones is 1. The molecule has 3 N–H and O–H groups in total. The van der Waals surface area contributed by atoms with Crippen molar-refractivity contribution in [2.45, 2.75) is 38.0 Å². The van der Waals surface area contributed by atoms with E-state index >= 15 is 0 Å². The first-order valence-electron chi connectivity index (χ1n) is 6.85. The van der Waals surface area contributed by atoms with E-state index in [1.165, 1.54) is 23.6 Å². The molecule has 0 aromatic rings. The summed E-state index contributed by atoms with van der Waals surface area (Å²) >= 11 is 1.21. The van der Waals surface area contributed by atoms with Gasteiger partial charge in [0, 0.05) is 18.7 Å². The zero-order valence-corrected chi connectivity index (χ0v) is 13.1. The van der Waals surface area contributed by atoms with Gasteiger partial charge in [0.2, 0.25) is 17.7 Å². The Morgan fingerprint density at radius 3 is 2.71 bits per heavy atom. The van der Waals surface area contributed by atoms with Gasteiger partial charge in [0.05, 0.1) is 17.8 Å². The molecule has 1 rings (SSSR count). The quantitative estimate of drug-likeness (QED) is 0.573. The van der Waals surface area contributed by atoms with Crippen LogP contribution in [0.3, 0.4) is 0 Å². The lowest BCUT2D eigenvalue weighted by molar-refractivity contribution is -0.138. The van der Waals surface area contributed by atoms with Crippen LogP contribution < -0.4 is 11.1 Å². The second kappa shape index (κ2) is 8.14. The third-order valence-corrected chi connectivity index (χ3v) is 4.30. The summed E-state index contributed by atoms with van der Waals surface area (Å²) in [6.07, 6.45) is 0.882. The summed E-state index contributed by atoms with van der Waals surface area (Å²) < 4.78 is 0. The second-order valence-electron chi connectivity index (χ2n) is 4.94. The Hall–Kier alpha value is -1.41. The van der Waals surface area contributed by atoms with Crippen LogP contribution in [0.2, 0.25) is 0 Å². The zero-order chi connectivity index (χ0) is 16.0. The Morgan fingerprint density at radius 2 is 2.14 bits per heavy atom. The molecule has 21 heavy (non-hydrogen) atoms. The van der Waals surface area contributed by atoms with Gasteiger partial charge in [-0.25, -0.2) is 0 Å². The minimum Gasteiger partial charge on any atom is -0.348 e. The molecule has 0 aromatic heterocycles. The SMILES string of the molecule is CCCN1C(=O)CC(SC[C@H](N)C(=O)NCC(C)=O)C1=O. The maximum absolute atomic E-state index is 12.0. The third-order valence-electron chi connectivity index (χ3n) is 2.98. The number of rotatable bonds is 8. The van der Waals surface area contributed by atoms with Crippen molar-refractivity contribution >= 4 is 35.3 Å². The minimum absolute atomic E-state index is 0.0533. The van der Waals surface area contributed by atoms with Gasteiger partial charge in [-0.3, -0.25) is 24.1 Å². The highest BCUT2D eigenvalue weighted by molar-refractivity contribution is 8.00. The molecule has 1 aliphatic rings. The van der Waals surface area contributed by atoms with Crippen molar-refractivity contribution in [3.8, 4) is 0 Å². The molecule has 0 spiro atoms. The van der Waals surface area contributed by atoms with Gasteiger partial charge < -0.3 is 11.1 Å². The molecular formula is C13H21N3O4S. The molecule has 118 valence electrons. The Bertz CT molecular complexity index is 441. The van der Waals surface area contributed by atoms with Crippen molar-refractivity contribution in [1.29, 1.82) is 0 Å². The summed E-state index contributed by atoms with van der Waals surface area (Å²) in [6.45, 7) is 3.64. The molecule has 2 atom stereocenters. The summed E-state index contributed by atoms with van der Waals surface area (Å²) in [7, 11) is 0. The van der Waals surface area contributed by atoms with Gasteiger partial charge in [-0.05, 0) is 13.3 Å². The van der Waals surface area contributed by atoms with Gasteiger partial charge in [-0.1, -0.05) is 6.92 Å². The Balaban J connectivity index is 2.41. The van der Waals surface area contributed by atoms with Crippen LogP contribution in [-0.4, -0.2) is 58.5 Å². The van der Waals surface area contributed by atoms with Crippen molar-refractivity contribution in [2.75, 3.05) is 18.8 Å². The maximum atomic E-state index is 12.0. The smallest absolute Gasteiger partial charge is 0.242 e. The van der Waals surface area contributed by atoms with Crippen LogP contribution in [0.15, 0.2) is 0 Å². The molecule has 7 nitrogen and oxygen atoms in total. The highest BCUT2D eigenvalue weighted by atomic mass is 32.2. The van der Waals surface area contributed by atoms with E-state index in [1.54, 1.807) is 0 Å². The van der Waals surface area contributed by atoms with Gasteiger partial charge in [0.25, 0.3) is 0 Å². The van der Waals surface area contributed by atoms with Crippen molar-refractivity contribution in [2.24, 2.45) is 5.73 Å². The van der Waals surface area contributed by atoms with Gasteiger partial charge >= 0.3 is 0 Å². The van der Waals surface area contributed by atoms with E-state index in [9.17, 15) is 19.2 Å². The Labute approximate surface area is 128 Å². The van der Waals surface area contributed by atoms with Gasteiger partial charge in [0.15, 0.2) is 0 Å². The summed E-state index contributed by atoms with van der Waals surface area (Å²) in [4.78, 5) is 47.3. The minimum atomic E-state index is -0.808. The fourth-order valence-electron chi connectivity index (χ4n) is 1.88. The molecule has 0 aliphatic carbocycles. The molecular weight excluding hydrogens is 294 g/mol. The molecule has 1 aliphatic heterocycles. The number of nitrogens with two attached hydrogens (primary N) is 1. The van der Waals surface area contributed by atoms with Crippen LogP contribution in [-0.2, 0) is 19.2 Å². The summed E-state index contributed by atoms with van der Waals surface area (Å²) in [5.74, 6) is -0.736. The number of nitrogens with zero attached hydrogens (tertiary/aromatic N) is 1. The fourth-order valence-corrected chi connectivity index (χ4v) is 3.00. The molecule has 3 amide bonds. The molecule has 1 fully saturated rings. The van der Waals surface area contributed by atoms with E-state index in [0.29, 0.717) is 6.54 Å². The van der Waals surface area contributed by atoms with Crippen LogP contribution >= 0.6 is 11.8 Å². The van der Waals surface area contributed by atoms with Crippen LogP contribution in [0.1, 0.15) is 26.7 Å². The topological polar surface area (TPSA) is 110 Å². The number of hydrogen-bond acceptors (Lipinski definition) is 6. The number of likely N-dealkylation sites (tertiary alicyclic amines) is 1.